The Morgan fingerprint density at radius 3 is 2.73 bits per heavy atom. The maximum atomic E-state index is 13.9. The van der Waals surface area contributed by atoms with E-state index in [0.717, 1.165) is 4.34 Å². The third kappa shape index (κ3) is 2.89. The van der Waals surface area contributed by atoms with Gasteiger partial charge in [0.25, 0.3) is 0 Å². The normalized spacial score (nSPS) is 22.4. The number of likely N-dealkylation sites (N-methyl/N-ethyl adjacent to an activating group) is 1. The van der Waals surface area contributed by atoms with Crippen LogP contribution in [0.4, 0.5) is 10.8 Å². The van der Waals surface area contributed by atoms with Gasteiger partial charge < -0.3 is 10.6 Å². The molecule has 8 nitrogen and oxygen atoms in total. The molecular weight excluding hydrogens is 456 g/mol. The van der Waals surface area contributed by atoms with Gasteiger partial charge in [0.15, 0.2) is 10.1 Å². The highest BCUT2D eigenvalue weighted by molar-refractivity contribution is 8.01. The van der Waals surface area contributed by atoms with Gasteiger partial charge in [-0.05, 0) is 18.9 Å². The van der Waals surface area contributed by atoms with Crippen LogP contribution in [0.5, 0.6) is 0 Å². The fourth-order valence-electron chi connectivity index (χ4n) is 5.00. The average Bonchev–Trinajstić information content (AvgIpc) is 3.31. The number of aromatic nitrogens is 2. The van der Waals surface area contributed by atoms with Crippen molar-refractivity contribution in [3.63, 3.8) is 0 Å². The zero-order chi connectivity index (χ0) is 23.5. The molecule has 0 radical (unpaired) electrons. The average molecular weight is 479 g/mol. The molecule has 5 rings (SSSR count). The molecule has 0 saturated heterocycles. The van der Waals surface area contributed by atoms with E-state index >= 15 is 0 Å². The lowest BCUT2D eigenvalue weighted by atomic mass is 9.64. The van der Waals surface area contributed by atoms with Crippen molar-refractivity contribution < 1.29 is 9.59 Å². The highest BCUT2D eigenvalue weighted by Crippen LogP contribution is 2.56. The molecule has 1 spiro atoms. The minimum Gasteiger partial charge on any atom is -0.384 e. The number of nitrogens with two attached hydrogens (primary N) is 1. The summed E-state index contributed by atoms with van der Waals surface area (Å²) in [4.78, 5) is 30.5. The molecule has 2 aromatic rings. The largest absolute Gasteiger partial charge is 0.384 e. The van der Waals surface area contributed by atoms with Crippen molar-refractivity contribution >= 4 is 45.6 Å². The molecule has 2 aliphatic heterocycles. The minimum absolute atomic E-state index is 0.0616. The summed E-state index contributed by atoms with van der Waals surface area (Å²) < 4.78 is 0.776. The van der Waals surface area contributed by atoms with Gasteiger partial charge in [0.1, 0.15) is 17.3 Å². The van der Waals surface area contributed by atoms with Crippen molar-refractivity contribution in [2.75, 3.05) is 16.8 Å². The Labute approximate surface area is 199 Å². The number of nitriles is 1. The highest BCUT2D eigenvalue weighted by Gasteiger charge is 2.61. The number of amides is 1. The number of hydrogen-bond acceptors (Lipinski definition) is 9. The number of para-hydroxylation sites is 1. The van der Waals surface area contributed by atoms with Gasteiger partial charge in [-0.25, -0.2) is 0 Å². The van der Waals surface area contributed by atoms with Crippen LogP contribution in [-0.2, 0) is 15.0 Å². The second-order valence-electron chi connectivity index (χ2n) is 8.45. The number of fused-ring (bicyclic) bond motifs is 3. The van der Waals surface area contributed by atoms with Crippen molar-refractivity contribution in [1.29, 1.82) is 5.26 Å². The number of Topliss-reactive ketones (excluding diaryl/α,β-unsaturated/α-hetero) is 1. The topological polar surface area (TPSA) is 116 Å². The third-order valence-electron chi connectivity index (χ3n) is 6.23. The number of hydrogen-bond donors (Lipinski definition) is 1. The summed E-state index contributed by atoms with van der Waals surface area (Å²) in [6.45, 7) is 4.14. The van der Waals surface area contributed by atoms with Gasteiger partial charge in [0, 0.05) is 41.2 Å². The van der Waals surface area contributed by atoms with Crippen LogP contribution in [0.2, 0.25) is 0 Å². The number of ketones is 1. The molecule has 10 heteroatoms. The third-order valence-corrected chi connectivity index (χ3v) is 8.23. The number of rotatable bonds is 3. The SMILES string of the molecule is CC(C)Sc1nnc(N2C(N)=C(C#N)[C@]3(C(=O)N(C)c4ccccc43)C3=C2CCCC3=O)s1. The molecule has 3 aliphatic rings. The van der Waals surface area contributed by atoms with Crippen LogP contribution in [0.15, 0.2) is 51.3 Å². The monoisotopic (exact) mass is 478 g/mol. The molecule has 0 saturated carbocycles. The summed E-state index contributed by atoms with van der Waals surface area (Å²) in [5, 5.41) is 19.7. The number of benzene rings is 1. The van der Waals surface area contributed by atoms with Crippen molar-refractivity contribution in [2.24, 2.45) is 5.73 Å². The Bertz CT molecular complexity index is 1300. The molecule has 168 valence electrons. The summed E-state index contributed by atoms with van der Waals surface area (Å²) in [5.41, 5.74) is 7.45. The Morgan fingerprint density at radius 1 is 1.24 bits per heavy atom. The molecule has 1 aromatic heterocycles. The molecule has 1 atom stereocenters. The van der Waals surface area contributed by atoms with Gasteiger partial charge in [-0.1, -0.05) is 55.1 Å². The van der Waals surface area contributed by atoms with Gasteiger partial charge >= 0.3 is 0 Å². The van der Waals surface area contributed by atoms with Crippen LogP contribution >= 0.6 is 23.1 Å². The molecule has 3 heterocycles. The van der Waals surface area contributed by atoms with Crippen LogP contribution in [-0.4, -0.2) is 34.2 Å². The molecule has 0 unspecified atom stereocenters. The lowest BCUT2D eigenvalue weighted by molar-refractivity contribution is -0.124. The van der Waals surface area contributed by atoms with E-state index in [0.29, 0.717) is 52.2 Å². The van der Waals surface area contributed by atoms with Crippen molar-refractivity contribution in [2.45, 2.75) is 48.1 Å². The molecular formula is C23H22N6O2S2. The summed E-state index contributed by atoms with van der Waals surface area (Å²) in [6.07, 6.45) is 1.50. The first-order valence-corrected chi connectivity index (χ1v) is 12.4. The Morgan fingerprint density at radius 2 is 2.00 bits per heavy atom. The predicted octanol–water partition coefficient (Wildman–Crippen LogP) is 3.47. The number of anilines is 2. The van der Waals surface area contributed by atoms with Crippen LogP contribution < -0.4 is 15.5 Å². The van der Waals surface area contributed by atoms with E-state index in [2.05, 4.69) is 30.1 Å². The second-order valence-corrected chi connectivity index (χ2v) is 11.2. The zero-order valence-corrected chi connectivity index (χ0v) is 20.1. The summed E-state index contributed by atoms with van der Waals surface area (Å²) in [5.74, 6) is -0.346. The minimum atomic E-state index is -1.53. The lowest BCUT2D eigenvalue weighted by Gasteiger charge is -2.42. The van der Waals surface area contributed by atoms with Gasteiger partial charge in [0.05, 0.1) is 5.57 Å². The molecule has 33 heavy (non-hydrogen) atoms. The number of allylic oxidation sites excluding steroid dienone is 1. The van der Waals surface area contributed by atoms with Crippen molar-refractivity contribution in [1.82, 2.24) is 10.2 Å². The number of carbonyl (C=O) groups is 2. The van der Waals surface area contributed by atoms with E-state index in [9.17, 15) is 14.9 Å². The molecule has 1 aromatic carbocycles. The van der Waals surface area contributed by atoms with Crippen LogP contribution in [0.1, 0.15) is 38.7 Å². The smallest absolute Gasteiger partial charge is 0.247 e. The molecule has 1 aliphatic carbocycles. The first-order chi connectivity index (χ1) is 15.8. The van der Waals surface area contributed by atoms with Gasteiger partial charge in [-0.2, -0.15) is 5.26 Å². The fourth-order valence-corrected chi connectivity index (χ4v) is 7.10. The Kier molecular flexibility index (Phi) is 5.06. The molecule has 2 N–H and O–H groups in total. The van der Waals surface area contributed by atoms with Crippen LogP contribution in [0.3, 0.4) is 0 Å². The number of carbonyl (C=O) groups excluding carboxylic acids is 2. The van der Waals surface area contributed by atoms with E-state index in [1.54, 1.807) is 23.7 Å². The first-order valence-electron chi connectivity index (χ1n) is 10.7. The van der Waals surface area contributed by atoms with E-state index < -0.39 is 5.41 Å². The van der Waals surface area contributed by atoms with Crippen molar-refractivity contribution in [3.05, 3.63) is 52.5 Å². The predicted molar refractivity (Wildman–Crippen MR) is 128 cm³/mol. The zero-order valence-electron chi connectivity index (χ0n) is 18.5. The number of thioether (sulfide) groups is 1. The molecule has 0 bridgehead atoms. The van der Waals surface area contributed by atoms with Crippen LogP contribution in [0, 0.1) is 11.3 Å². The van der Waals surface area contributed by atoms with E-state index in [-0.39, 0.29) is 23.1 Å². The standard InChI is InChI=1S/C23H22N6O2S2/c1-12(2)32-22-27-26-21(33-22)29-16-9-6-10-17(30)18(16)23(14(11-24)19(29)25)13-7-4-5-8-15(13)28(3)20(23)31/h4-5,7-8,12H,6,9-10,25H2,1-3H3/t23-/m0/s1. The Hall–Kier alpha value is -3.16. The van der Waals surface area contributed by atoms with E-state index in [4.69, 9.17) is 5.73 Å². The molecule has 1 amide bonds. The fraction of sp³-hybridized carbons (Fsp3) is 0.348. The second kappa shape index (κ2) is 7.71. The summed E-state index contributed by atoms with van der Waals surface area (Å²) >= 11 is 2.94. The maximum absolute atomic E-state index is 13.9. The van der Waals surface area contributed by atoms with Gasteiger partial charge in [0.2, 0.25) is 11.0 Å². The highest BCUT2D eigenvalue weighted by atomic mass is 32.2. The summed E-state index contributed by atoms with van der Waals surface area (Å²) in [7, 11) is 1.67. The quantitative estimate of drug-likeness (QED) is 0.667. The van der Waals surface area contributed by atoms with E-state index in [1.807, 2.05) is 24.3 Å². The van der Waals surface area contributed by atoms with Gasteiger partial charge in [-0.15, -0.1) is 10.2 Å². The Balaban J connectivity index is 1.81. The van der Waals surface area contributed by atoms with Crippen molar-refractivity contribution in [3.8, 4) is 6.07 Å². The van der Waals surface area contributed by atoms with Gasteiger partial charge in [-0.3, -0.25) is 14.5 Å². The molecule has 0 fully saturated rings. The van der Waals surface area contributed by atoms with E-state index in [1.165, 1.54) is 16.2 Å². The first kappa shape index (κ1) is 21.7. The summed E-state index contributed by atoms with van der Waals surface area (Å²) in [6, 6.07) is 9.49. The maximum Gasteiger partial charge on any atom is 0.247 e. The van der Waals surface area contributed by atoms with Crippen LogP contribution in [0.25, 0.3) is 0 Å². The number of nitrogens with zero attached hydrogens (tertiary/aromatic N) is 5. The lowest BCUT2D eigenvalue weighted by Crippen LogP contribution is -2.52.